The minimum absolute atomic E-state index is 0.00201. The van der Waals surface area contributed by atoms with Gasteiger partial charge in [0.05, 0.1) is 15.1 Å². The van der Waals surface area contributed by atoms with Crippen molar-refractivity contribution in [1.29, 1.82) is 0 Å². The number of ether oxygens (including phenoxy) is 1. The SMILES string of the molecule is O=[N+]([O-])c1ccc(OCc2ccc(Cl)s2)c(CCl)c1. The average Bonchev–Trinajstić information content (AvgIpc) is 2.81. The fourth-order valence-corrected chi connectivity index (χ4v) is 2.71. The van der Waals surface area contributed by atoms with Crippen molar-refractivity contribution in [2.45, 2.75) is 12.5 Å². The van der Waals surface area contributed by atoms with Gasteiger partial charge in [-0.05, 0) is 18.2 Å². The summed E-state index contributed by atoms with van der Waals surface area (Å²) in [7, 11) is 0. The Labute approximate surface area is 123 Å². The Morgan fingerprint density at radius 3 is 2.68 bits per heavy atom. The van der Waals surface area contributed by atoms with Crippen LogP contribution in [0.4, 0.5) is 5.69 Å². The first kappa shape index (κ1) is 14.1. The molecule has 0 fully saturated rings. The van der Waals surface area contributed by atoms with Crippen LogP contribution in [0.25, 0.3) is 0 Å². The van der Waals surface area contributed by atoms with Gasteiger partial charge in [0.2, 0.25) is 0 Å². The van der Waals surface area contributed by atoms with Crippen molar-refractivity contribution >= 4 is 40.2 Å². The molecule has 4 nitrogen and oxygen atoms in total. The molecule has 0 bridgehead atoms. The molecule has 0 N–H and O–H groups in total. The van der Waals surface area contributed by atoms with Gasteiger partial charge >= 0.3 is 0 Å². The Kier molecular flexibility index (Phi) is 4.63. The first-order valence-electron chi connectivity index (χ1n) is 5.30. The number of thiophene rings is 1. The molecule has 0 amide bonds. The molecular weight excluding hydrogens is 309 g/mol. The number of non-ortho nitro benzene ring substituents is 1. The predicted molar refractivity (Wildman–Crippen MR) is 76.3 cm³/mol. The molecule has 0 aliphatic carbocycles. The van der Waals surface area contributed by atoms with Crippen LogP contribution in [0.15, 0.2) is 30.3 Å². The third-order valence-electron chi connectivity index (χ3n) is 2.40. The molecule has 19 heavy (non-hydrogen) atoms. The minimum atomic E-state index is -0.459. The van der Waals surface area contributed by atoms with Crippen molar-refractivity contribution in [1.82, 2.24) is 0 Å². The van der Waals surface area contributed by atoms with Crippen molar-refractivity contribution in [3.05, 3.63) is 55.2 Å². The highest BCUT2D eigenvalue weighted by Gasteiger charge is 2.11. The van der Waals surface area contributed by atoms with Crippen LogP contribution in [0.5, 0.6) is 5.75 Å². The van der Waals surface area contributed by atoms with Gasteiger partial charge in [-0.2, -0.15) is 0 Å². The lowest BCUT2D eigenvalue weighted by atomic mass is 10.2. The van der Waals surface area contributed by atoms with Gasteiger partial charge in [-0.1, -0.05) is 11.6 Å². The molecule has 1 aromatic heterocycles. The third kappa shape index (κ3) is 3.59. The van der Waals surface area contributed by atoms with Crippen molar-refractivity contribution in [3.63, 3.8) is 0 Å². The van der Waals surface area contributed by atoms with Crippen molar-refractivity contribution in [3.8, 4) is 5.75 Å². The summed E-state index contributed by atoms with van der Waals surface area (Å²) in [5.74, 6) is 0.701. The van der Waals surface area contributed by atoms with E-state index in [1.165, 1.54) is 23.5 Å². The van der Waals surface area contributed by atoms with Gasteiger partial charge in [0.15, 0.2) is 0 Å². The Morgan fingerprint density at radius 2 is 2.11 bits per heavy atom. The molecule has 100 valence electrons. The van der Waals surface area contributed by atoms with Gasteiger partial charge < -0.3 is 4.74 Å². The average molecular weight is 318 g/mol. The van der Waals surface area contributed by atoms with E-state index in [4.69, 9.17) is 27.9 Å². The van der Waals surface area contributed by atoms with E-state index >= 15 is 0 Å². The van der Waals surface area contributed by atoms with Crippen LogP contribution in [-0.2, 0) is 12.5 Å². The standard InChI is InChI=1S/C12H9Cl2NO3S/c13-6-8-5-9(15(16)17)1-3-11(8)18-7-10-2-4-12(14)19-10/h1-5H,6-7H2. The molecule has 2 rings (SSSR count). The lowest BCUT2D eigenvalue weighted by Crippen LogP contribution is -1.97. The van der Waals surface area contributed by atoms with Crippen LogP contribution >= 0.6 is 34.5 Å². The number of rotatable bonds is 5. The number of nitro benzene ring substituents is 1. The van der Waals surface area contributed by atoms with Crippen LogP contribution in [0.2, 0.25) is 4.34 Å². The van der Waals surface area contributed by atoms with E-state index in [0.29, 0.717) is 22.3 Å². The van der Waals surface area contributed by atoms with Gasteiger partial charge in [-0.25, -0.2) is 0 Å². The summed E-state index contributed by atoms with van der Waals surface area (Å²) in [5, 5.41) is 10.7. The van der Waals surface area contributed by atoms with Crippen LogP contribution < -0.4 is 4.74 Å². The summed E-state index contributed by atoms with van der Waals surface area (Å²) in [6.45, 7) is 0.360. The maximum Gasteiger partial charge on any atom is 0.270 e. The molecule has 0 saturated heterocycles. The number of benzene rings is 1. The monoisotopic (exact) mass is 317 g/mol. The lowest BCUT2D eigenvalue weighted by molar-refractivity contribution is -0.384. The van der Waals surface area contributed by atoms with Gasteiger partial charge in [-0.3, -0.25) is 10.1 Å². The molecule has 2 aromatic rings. The van der Waals surface area contributed by atoms with E-state index < -0.39 is 4.92 Å². The molecule has 1 heterocycles. The maximum absolute atomic E-state index is 10.7. The van der Waals surface area contributed by atoms with E-state index in [9.17, 15) is 10.1 Å². The van der Waals surface area contributed by atoms with Gasteiger partial charge in [0.1, 0.15) is 12.4 Å². The Morgan fingerprint density at radius 1 is 1.32 bits per heavy atom. The van der Waals surface area contributed by atoms with Crippen molar-refractivity contribution < 1.29 is 9.66 Å². The van der Waals surface area contributed by atoms with Gasteiger partial charge in [-0.15, -0.1) is 22.9 Å². The molecule has 1 aromatic carbocycles. The highest BCUT2D eigenvalue weighted by molar-refractivity contribution is 7.16. The summed E-state index contributed by atoms with van der Waals surface area (Å²) in [5.41, 5.74) is 0.598. The summed E-state index contributed by atoms with van der Waals surface area (Å²) >= 11 is 13.0. The molecule has 0 atom stereocenters. The maximum atomic E-state index is 10.7. The number of hydrogen-bond donors (Lipinski definition) is 0. The van der Waals surface area contributed by atoms with E-state index in [-0.39, 0.29) is 11.6 Å². The molecule has 0 spiro atoms. The molecule has 0 aliphatic rings. The highest BCUT2D eigenvalue weighted by atomic mass is 35.5. The van der Waals surface area contributed by atoms with E-state index in [1.807, 2.05) is 6.07 Å². The van der Waals surface area contributed by atoms with E-state index in [0.717, 1.165) is 4.88 Å². The molecular formula is C12H9Cl2NO3S. The van der Waals surface area contributed by atoms with Gasteiger partial charge in [0, 0.05) is 22.6 Å². The van der Waals surface area contributed by atoms with E-state index in [2.05, 4.69) is 0 Å². The number of alkyl halides is 1. The fraction of sp³-hybridized carbons (Fsp3) is 0.167. The molecule has 0 aliphatic heterocycles. The summed E-state index contributed by atoms with van der Waals surface area (Å²) < 4.78 is 6.30. The second-order valence-corrected chi connectivity index (χ2v) is 5.74. The lowest BCUT2D eigenvalue weighted by Gasteiger charge is -2.08. The Bertz CT molecular complexity index is 600. The van der Waals surface area contributed by atoms with Crippen LogP contribution in [0, 0.1) is 10.1 Å². The van der Waals surface area contributed by atoms with Crippen molar-refractivity contribution in [2.75, 3.05) is 0 Å². The topological polar surface area (TPSA) is 52.4 Å². The number of nitrogens with zero attached hydrogens (tertiary/aromatic N) is 1. The van der Waals surface area contributed by atoms with E-state index in [1.54, 1.807) is 12.1 Å². The Balaban J connectivity index is 2.13. The molecule has 0 saturated carbocycles. The number of halogens is 2. The largest absolute Gasteiger partial charge is 0.488 e. The molecule has 0 radical (unpaired) electrons. The van der Waals surface area contributed by atoms with Crippen LogP contribution in [0.3, 0.4) is 0 Å². The third-order valence-corrected chi connectivity index (χ3v) is 3.89. The smallest absolute Gasteiger partial charge is 0.270 e. The second-order valence-electron chi connectivity index (χ2n) is 3.68. The zero-order valence-corrected chi connectivity index (χ0v) is 12.0. The van der Waals surface area contributed by atoms with Crippen LogP contribution in [0.1, 0.15) is 10.4 Å². The summed E-state index contributed by atoms with van der Waals surface area (Å²) in [4.78, 5) is 11.2. The number of nitro groups is 1. The molecule has 7 heteroatoms. The first-order valence-corrected chi connectivity index (χ1v) is 7.03. The summed E-state index contributed by atoms with van der Waals surface area (Å²) in [6, 6.07) is 8.05. The molecule has 0 unspecified atom stereocenters. The van der Waals surface area contributed by atoms with Crippen LogP contribution in [-0.4, -0.2) is 4.92 Å². The number of hydrogen-bond acceptors (Lipinski definition) is 4. The van der Waals surface area contributed by atoms with Crippen molar-refractivity contribution in [2.24, 2.45) is 0 Å². The van der Waals surface area contributed by atoms with Gasteiger partial charge in [0.25, 0.3) is 5.69 Å². The summed E-state index contributed by atoms with van der Waals surface area (Å²) in [6.07, 6.45) is 0. The predicted octanol–water partition coefficient (Wildman–Crippen LogP) is 4.63. The first-order chi connectivity index (χ1) is 9.10. The Hall–Kier alpha value is -1.30. The second kappa shape index (κ2) is 6.23. The normalized spacial score (nSPS) is 10.4. The fourth-order valence-electron chi connectivity index (χ4n) is 1.50. The minimum Gasteiger partial charge on any atom is -0.488 e. The zero-order valence-electron chi connectivity index (χ0n) is 9.64. The zero-order chi connectivity index (χ0) is 13.8. The quantitative estimate of drug-likeness (QED) is 0.459. The highest BCUT2D eigenvalue weighted by Crippen LogP contribution is 2.28.